The monoisotopic (exact) mass is 436 g/mol. The fourth-order valence-electron chi connectivity index (χ4n) is 6.72. The maximum absolute atomic E-state index is 13.2. The smallest absolute Gasteiger partial charge is 0.123 e. The minimum absolute atomic E-state index is 0.0516. The summed E-state index contributed by atoms with van der Waals surface area (Å²) in [5.41, 5.74) is 12.6. The third kappa shape index (κ3) is 4.52. The van der Waals surface area contributed by atoms with E-state index in [1.807, 2.05) is 0 Å². The van der Waals surface area contributed by atoms with Gasteiger partial charge in [-0.15, -0.1) is 0 Å². The molecule has 4 atom stereocenters. The Morgan fingerprint density at radius 2 is 1.78 bits per heavy atom. The summed E-state index contributed by atoms with van der Waals surface area (Å²) in [6, 6.07) is 13.9. The number of nitrogens with two attached hydrogens (primary N) is 1. The molecule has 0 spiro atoms. The Bertz CT molecular complexity index is 921. The van der Waals surface area contributed by atoms with Gasteiger partial charge in [0.05, 0.1) is 0 Å². The van der Waals surface area contributed by atoms with Gasteiger partial charge in [-0.1, -0.05) is 64.4 Å². The molecule has 3 N–H and O–H groups in total. The van der Waals surface area contributed by atoms with Gasteiger partial charge in [0.2, 0.25) is 0 Å². The van der Waals surface area contributed by atoms with Crippen molar-refractivity contribution < 1.29 is 4.39 Å². The van der Waals surface area contributed by atoms with E-state index in [0.717, 1.165) is 25.1 Å². The Kier molecular flexibility index (Phi) is 6.79. The van der Waals surface area contributed by atoms with Gasteiger partial charge in [0.25, 0.3) is 0 Å². The number of nitrogens with one attached hydrogen (secondary N) is 1. The highest BCUT2D eigenvalue weighted by Gasteiger charge is 2.51. The summed E-state index contributed by atoms with van der Waals surface area (Å²) < 4.78 is 13.2. The van der Waals surface area contributed by atoms with Crippen LogP contribution in [0.2, 0.25) is 0 Å². The second-order valence-electron chi connectivity index (χ2n) is 11.2. The first-order valence-electron chi connectivity index (χ1n) is 12.6. The van der Waals surface area contributed by atoms with E-state index < -0.39 is 0 Å². The molecular formula is C29H41FN2. The average Bonchev–Trinajstić information content (AvgIpc) is 2.76. The van der Waals surface area contributed by atoms with Crippen molar-refractivity contribution >= 4 is 0 Å². The first kappa shape index (κ1) is 23.4. The van der Waals surface area contributed by atoms with Crippen LogP contribution in [0.25, 0.3) is 0 Å². The van der Waals surface area contributed by atoms with Crippen molar-refractivity contribution in [2.24, 2.45) is 17.1 Å². The maximum Gasteiger partial charge on any atom is 0.123 e. The topological polar surface area (TPSA) is 38.0 Å². The Morgan fingerprint density at radius 3 is 2.50 bits per heavy atom. The zero-order chi connectivity index (χ0) is 22.9. The largest absolute Gasteiger partial charge is 0.324 e. The molecule has 174 valence electrons. The summed E-state index contributed by atoms with van der Waals surface area (Å²) in [7, 11) is 0. The van der Waals surface area contributed by atoms with Crippen molar-refractivity contribution in [2.45, 2.75) is 83.6 Å². The van der Waals surface area contributed by atoms with E-state index >= 15 is 0 Å². The van der Waals surface area contributed by atoms with Gasteiger partial charge in [-0.3, -0.25) is 0 Å². The van der Waals surface area contributed by atoms with Gasteiger partial charge in [0.1, 0.15) is 5.82 Å². The lowest BCUT2D eigenvalue weighted by molar-refractivity contribution is 0.0259. The lowest BCUT2D eigenvalue weighted by Crippen LogP contribution is -2.52. The van der Waals surface area contributed by atoms with Crippen LogP contribution in [0, 0.1) is 17.2 Å². The summed E-state index contributed by atoms with van der Waals surface area (Å²) in [5.74, 6) is 1.09. The molecule has 3 heteroatoms. The van der Waals surface area contributed by atoms with Crippen LogP contribution in [0.3, 0.4) is 0 Å². The van der Waals surface area contributed by atoms with Crippen molar-refractivity contribution in [1.82, 2.24) is 5.32 Å². The molecule has 2 aromatic carbocycles. The molecule has 1 saturated carbocycles. The summed E-state index contributed by atoms with van der Waals surface area (Å²) in [4.78, 5) is 0. The Labute approximate surface area is 194 Å². The van der Waals surface area contributed by atoms with E-state index in [-0.39, 0.29) is 17.3 Å². The van der Waals surface area contributed by atoms with Crippen LogP contribution < -0.4 is 11.1 Å². The molecule has 0 heterocycles. The van der Waals surface area contributed by atoms with Gasteiger partial charge in [0.15, 0.2) is 0 Å². The third-order valence-corrected chi connectivity index (χ3v) is 8.63. The highest BCUT2D eigenvalue weighted by atomic mass is 19.1. The predicted molar refractivity (Wildman–Crippen MR) is 132 cm³/mol. The van der Waals surface area contributed by atoms with Crippen LogP contribution in [0.4, 0.5) is 4.39 Å². The van der Waals surface area contributed by atoms with Gasteiger partial charge < -0.3 is 11.1 Å². The first-order chi connectivity index (χ1) is 15.2. The normalized spacial score (nSPS) is 28.3. The van der Waals surface area contributed by atoms with E-state index in [2.05, 4.69) is 51.2 Å². The lowest BCUT2D eigenvalue weighted by Gasteiger charge is -2.55. The number of fused-ring (bicyclic) bond motifs is 3. The number of halogens is 1. The second-order valence-corrected chi connectivity index (χ2v) is 11.2. The molecule has 2 nitrogen and oxygen atoms in total. The summed E-state index contributed by atoms with van der Waals surface area (Å²) in [6.45, 7) is 11.6. The van der Waals surface area contributed by atoms with Crippen molar-refractivity contribution in [2.75, 3.05) is 13.1 Å². The van der Waals surface area contributed by atoms with Crippen molar-refractivity contribution in [1.29, 1.82) is 0 Å². The molecule has 0 amide bonds. The molecule has 32 heavy (non-hydrogen) atoms. The minimum atomic E-state index is -0.207. The zero-order valence-electron chi connectivity index (χ0n) is 20.4. The molecule has 0 radical (unpaired) electrons. The summed E-state index contributed by atoms with van der Waals surface area (Å²) in [5, 5.41) is 3.75. The fourth-order valence-corrected chi connectivity index (χ4v) is 6.72. The molecule has 0 aromatic heterocycles. The Balaban J connectivity index is 1.41. The van der Waals surface area contributed by atoms with Crippen LogP contribution in [-0.2, 0) is 11.8 Å². The molecule has 2 aliphatic carbocycles. The quantitative estimate of drug-likeness (QED) is 0.478. The number of hydrogen-bond acceptors (Lipinski definition) is 2. The van der Waals surface area contributed by atoms with E-state index in [0.29, 0.717) is 17.3 Å². The average molecular weight is 437 g/mol. The van der Waals surface area contributed by atoms with Gasteiger partial charge in [-0.2, -0.15) is 0 Å². The number of rotatable bonds is 7. The van der Waals surface area contributed by atoms with E-state index in [1.54, 1.807) is 23.3 Å². The first-order valence-corrected chi connectivity index (χ1v) is 12.6. The molecule has 1 unspecified atom stereocenters. The van der Waals surface area contributed by atoms with Crippen LogP contribution in [0.1, 0.15) is 94.0 Å². The van der Waals surface area contributed by atoms with Gasteiger partial charge in [0, 0.05) is 12.6 Å². The van der Waals surface area contributed by atoms with E-state index in [1.165, 1.54) is 49.8 Å². The van der Waals surface area contributed by atoms with Crippen molar-refractivity contribution in [3.05, 3.63) is 70.5 Å². The zero-order valence-corrected chi connectivity index (χ0v) is 20.4. The predicted octanol–water partition coefficient (Wildman–Crippen LogP) is 6.64. The molecule has 2 aromatic rings. The minimum Gasteiger partial charge on any atom is -0.324 e. The molecule has 0 saturated heterocycles. The van der Waals surface area contributed by atoms with Gasteiger partial charge >= 0.3 is 0 Å². The molecule has 1 fully saturated rings. The summed E-state index contributed by atoms with van der Waals surface area (Å²) in [6.07, 6.45) is 7.26. The van der Waals surface area contributed by atoms with Crippen molar-refractivity contribution in [3.63, 3.8) is 0 Å². The van der Waals surface area contributed by atoms with Crippen molar-refractivity contribution in [3.8, 4) is 0 Å². The highest BCUT2D eigenvalue weighted by molar-refractivity contribution is 5.42. The van der Waals surface area contributed by atoms with E-state index in [4.69, 9.17) is 5.73 Å². The Morgan fingerprint density at radius 1 is 1.06 bits per heavy atom. The number of hydrogen-bond donors (Lipinski definition) is 2. The molecule has 4 rings (SSSR count). The Hall–Kier alpha value is -1.71. The van der Waals surface area contributed by atoms with Crippen LogP contribution >= 0.6 is 0 Å². The van der Waals surface area contributed by atoms with Crippen LogP contribution in [0.5, 0.6) is 0 Å². The van der Waals surface area contributed by atoms with Gasteiger partial charge in [-0.25, -0.2) is 4.39 Å². The number of benzene rings is 2. The standard InChI is InChI=1S/C29H41FN2/c1-20(2)22-8-12-25-23(18-22)9-13-27-28(3,15-5-16-29(25,27)4)19-32-17-14-26(31)21-6-10-24(30)11-7-21/h6-8,10-12,18,20,26-27,32H,5,9,13-17,19,31H2,1-4H3/t26?,27-,28-,29+/m0/s1. The van der Waals surface area contributed by atoms with Gasteiger partial charge in [-0.05, 0) is 95.7 Å². The third-order valence-electron chi connectivity index (χ3n) is 8.63. The molecule has 0 bridgehead atoms. The molecule has 2 aliphatic rings. The second kappa shape index (κ2) is 9.27. The SMILES string of the molecule is CC(C)c1ccc2c(c1)CC[C@H]1[C@](C)(CNCCC(N)c3ccc(F)cc3)CCC[C@]21C. The van der Waals surface area contributed by atoms with E-state index in [9.17, 15) is 4.39 Å². The summed E-state index contributed by atoms with van der Waals surface area (Å²) >= 11 is 0. The fraction of sp³-hybridized carbons (Fsp3) is 0.586. The van der Waals surface area contributed by atoms with Crippen LogP contribution in [-0.4, -0.2) is 13.1 Å². The molecular weight excluding hydrogens is 395 g/mol. The maximum atomic E-state index is 13.2. The molecule has 0 aliphatic heterocycles. The lowest BCUT2D eigenvalue weighted by atomic mass is 9.49. The highest BCUT2D eigenvalue weighted by Crippen LogP contribution is 2.57. The van der Waals surface area contributed by atoms with Crippen LogP contribution in [0.15, 0.2) is 42.5 Å². The number of aryl methyl sites for hydroxylation is 1.